The Labute approximate surface area is 92.4 Å². The molecule has 3 nitrogen and oxygen atoms in total. The molecule has 2 fully saturated rings. The maximum atomic E-state index is 8.56. The standard InChI is InChI=1S/C12H21N3/c1-15-6-3-12(4-7-15)14-9-11-8-10(11)2-5-13/h10-12,14H,2-4,6-9H2,1H3. The molecule has 0 aromatic carbocycles. The van der Waals surface area contributed by atoms with Crippen LogP contribution >= 0.6 is 0 Å². The number of nitrogens with one attached hydrogen (secondary N) is 1. The molecule has 2 rings (SSSR count). The van der Waals surface area contributed by atoms with Crippen LogP contribution in [0.2, 0.25) is 0 Å². The fourth-order valence-electron chi connectivity index (χ4n) is 2.46. The molecule has 1 N–H and O–H groups in total. The third-order valence-electron chi connectivity index (χ3n) is 3.81. The van der Waals surface area contributed by atoms with Crippen molar-refractivity contribution in [2.24, 2.45) is 11.8 Å². The minimum Gasteiger partial charge on any atom is -0.314 e. The first-order valence-corrected chi connectivity index (χ1v) is 6.08. The summed E-state index contributed by atoms with van der Waals surface area (Å²) in [5.74, 6) is 1.50. The molecule has 1 saturated heterocycles. The van der Waals surface area contributed by atoms with Crippen molar-refractivity contribution in [3.05, 3.63) is 0 Å². The average molecular weight is 207 g/mol. The van der Waals surface area contributed by atoms with E-state index in [1.54, 1.807) is 0 Å². The monoisotopic (exact) mass is 207 g/mol. The van der Waals surface area contributed by atoms with Crippen LogP contribution in [-0.4, -0.2) is 37.6 Å². The van der Waals surface area contributed by atoms with Gasteiger partial charge in [-0.3, -0.25) is 0 Å². The highest BCUT2D eigenvalue weighted by atomic mass is 15.1. The van der Waals surface area contributed by atoms with E-state index in [1.807, 2.05) is 0 Å². The van der Waals surface area contributed by atoms with Gasteiger partial charge in [0.2, 0.25) is 0 Å². The highest BCUT2D eigenvalue weighted by Crippen LogP contribution is 2.40. The minimum absolute atomic E-state index is 0.703. The first kappa shape index (κ1) is 10.9. The second-order valence-corrected chi connectivity index (χ2v) is 5.10. The lowest BCUT2D eigenvalue weighted by molar-refractivity contribution is 0.233. The molecule has 0 amide bonds. The van der Waals surface area contributed by atoms with Gasteiger partial charge in [-0.2, -0.15) is 5.26 Å². The smallest absolute Gasteiger partial charge is 0.0624 e. The number of nitriles is 1. The van der Waals surface area contributed by atoms with E-state index in [2.05, 4.69) is 23.3 Å². The van der Waals surface area contributed by atoms with Crippen molar-refractivity contribution in [1.29, 1.82) is 5.26 Å². The second-order valence-electron chi connectivity index (χ2n) is 5.10. The fourth-order valence-corrected chi connectivity index (χ4v) is 2.46. The van der Waals surface area contributed by atoms with Gasteiger partial charge in [0.25, 0.3) is 0 Å². The highest BCUT2D eigenvalue weighted by molar-refractivity contribution is 4.94. The van der Waals surface area contributed by atoms with Gasteiger partial charge in [-0.15, -0.1) is 0 Å². The molecule has 0 aromatic heterocycles. The lowest BCUT2D eigenvalue weighted by atomic mass is 10.1. The van der Waals surface area contributed by atoms with Crippen LogP contribution in [0.25, 0.3) is 0 Å². The number of hydrogen-bond acceptors (Lipinski definition) is 3. The highest BCUT2D eigenvalue weighted by Gasteiger charge is 2.36. The SMILES string of the molecule is CN1CCC(NCC2CC2CC#N)CC1. The Morgan fingerprint density at radius 2 is 2.07 bits per heavy atom. The molecule has 15 heavy (non-hydrogen) atoms. The maximum Gasteiger partial charge on any atom is 0.0624 e. The predicted molar refractivity (Wildman–Crippen MR) is 60.3 cm³/mol. The van der Waals surface area contributed by atoms with E-state index >= 15 is 0 Å². The predicted octanol–water partition coefficient (Wildman–Crippen LogP) is 1.22. The van der Waals surface area contributed by atoms with Gasteiger partial charge in [-0.1, -0.05) is 0 Å². The second kappa shape index (κ2) is 4.96. The quantitative estimate of drug-likeness (QED) is 0.753. The number of rotatable bonds is 4. The van der Waals surface area contributed by atoms with E-state index in [1.165, 1.54) is 32.4 Å². The van der Waals surface area contributed by atoms with Crippen LogP contribution < -0.4 is 5.32 Å². The summed E-state index contributed by atoms with van der Waals surface area (Å²) in [4.78, 5) is 2.40. The third kappa shape index (κ3) is 3.19. The summed E-state index contributed by atoms with van der Waals surface area (Å²) in [7, 11) is 2.19. The number of piperidine rings is 1. The largest absolute Gasteiger partial charge is 0.314 e. The third-order valence-corrected chi connectivity index (χ3v) is 3.81. The summed E-state index contributed by atoms with van der Waals surface area (Å²) in [6.45, 7) is 3.59. The van der Waals surface area contributed by atoms with Gasteiger partial charge in [0.15, 0.2) is 0 Å². The van der Waals surface area contributed by atoms with Gasteiger partial charge in [0.1, 0.15) is 0 Å². The Hall–Kier alpha value is -0.590. The van der Waals surface area contributed by atoms with Crippen LogP contribution in [0.3, 0.4) is 0 Å². The van der Waals surface area contributed by atoms with E-state index < -0.39 is 0 Å². The molecule has 1 aliphatic carbocycles. The summed E-state index contributed by atoms with van der Waals surface area (Å²) >= 11 is 0. The summed E-state index contributed by atoms with van der Waals surface area (Å²) in [6, 6.07) is 3.00. The molecule has 2 aliphatic rings. The molecular weight excluding hydrogens is 186 g/mol. The number of likely N-dealkylation sites (tertiary alicyclic amines) is 1. The average Bonchev–Trinajstić information content (AvgIpc) is 2.97. The normalized spacial score (nSPS) is 32.5. The number of nitrogens with zero attached hydrogens (tertiary/aromatic N) is 2. The topological polar surface area (TPSA) is 39.1 Å². The van der Waals surface area contributed by atoms with Crippen molar-refractivity contribution in [3.8, 4) is 6.07 Å². The van der Waals surface area contributed by atoms with Gasteiger partial charge in [-0.25, -0.2) is 0 Å². The van der Waals surface area contributed by atoms with E-state index in [0.29, 0.717) is 5.92 Å². The van der Waals surface area contributed by atoms with E-state index in [-0.39, 0.29) is 0 Å². The van der Waals surface area contributed by atoms with E-state index in [4.69, 9.17) is 5.26 Å². The molecule has 2 atom stereocenters. The van der Waals surface area contributed by atoms with Crippen LogP contribution in [0.1, 0.15) is 25.7 Å². The van der Waals surface area contributed by atoms with Crippen molar-refractivity contribution in [1.82, 2.24) is 10.2 Å². The van der Waals surface area contributed by atoms with Crippen LogP contribution in [0.5, 0.6) is 0 Å². The Morgan fingerprint density at radius 1 is 1.33 bits per heavy atom. The zero-order valence-electron chi connectivity index (χ0n) is 9.58. The van der Waals surface area contributed by atoms with Crippen molar-refractivity contribution < 1.29 is 0 Å². The van der Waals surface area contributed by atoms with E-state index in [9.17, 15) is 0 Å². The van der Waals surface area contributed by atoms with Crippen LogP contribution in [0.15, 0.2) is 0 Å². The molecule has 0 aromatic rings. The molecule has 1 aliphatic heterocycles. The Kier molecular flexibility index (Phi) is 3.61. The maximum absolute atomic E-state index is 8.56. The summed E-state index contributed by atoms with van der Waals surface area (Å²) in [6.07, 6.45) is 4.60. The lowest BCUT2D eigenvalue weighted by Gasteiger charge is -2.29. The van der Waals surface area contributed by atoms with Gasteiger partial charge in [-0.05, 0) is 57.8 Å². The van der Waals surface area contributed by atoms with E-state index in [0.717, 1.165) is 24.9 Å². The van der Waals surface area contributed by atoms with Crippen LogP contribution in [-0.2, 0) is 0 Å². The molecule has 0 spiro atoms. The summed E-state index contributed by atoms with van der Waals surface area (Å²) in [5, 5.41) is 12.2. The Balaban J connectivity index is 1.57. The van der Waals surface area contributed by atoms with Gasteiger partial charge < -0.3 is 10.2 Å². The van der Waals surface area contributed by atoms with Crippen LogP contribution in [0.4, 0.5) is 0 Å². The van der Waals surface area contributed by atoms with Gasteiger partial charge >= 0.3 is 0 Å². The Morgan fingerprint density at radius 3 is 2.73 bits per heavy atom. The van der Waals surface area contributed by atoms with Crippen molar-refractivity contribution in [3.63, 3.8) is 0 Å². The fraction of sp³-hybridized carbons (Fsp3) is 0.917. The summed E-state index contributed by atoms with van der Waals surface area (Å²) in [5.41, 5.74) is 0. The molecule has 3 heteroatoms. The molecular formula is C12H21N3. The molecule has 2 unspecified atom stereocenters. The number of hydrogen-bond donors (Lipinski definition) is 1. The lowest BCUT2D eigenvalue weighted by Crippen LogP contribution is -2.41. The zero-order chi connectivity index (χ0) is 10.7. The molecule has 84 valence electrons. The van der Waals surface area contributed by atoms with Gasteiger partial charge in [0, 0.05) is 12.5 Å². The molecule has 0 bridgehead atoms. The van der Waals surface area contributed by atoms with Crippen molar-refractivity contribution >= 4 is 0 Å². The minimum atomic E-state index is 0.703. The van der Waals surface area contributed by atoms with Crippen molar-refractivity contribution in [2.45, 2.75) is 31.7 Å². The summed E-state index contributed by atoms with van der Waals surface area (Å²) < 4.78 is 0. The molecule has 1 heterocycles. The molecule has 0 radical (unpaired) electrons. The molecule has 1 saturated carbocycles. The van der Waals surface area contributed by atoms with Crippen LogP contribution in [0, 0.1) is 23.2 Å². The first-order valence-electron chi connectivity index (χ1n) is 6.08. The zero-order valence-corrected chi connectivity index (χ0v) is 9.58. The van der Waals surface area contributed by atoms with Crippen molar-refractivity contribution in [2.75, 3.05) is 26.7 Å². The first-order chi connectivity index (χ1) is 7.29. The van der Waals surface area contributed by atoms with Gasteiger partial charge in [0.05, 0.1) is 6.07 Å². The Bertz CT molecular complexity index is 238.